The summed E-state index contributed by atoms with van der Waals surface area (Å²) in [5, 5.41) is 3.29. The number of aromatic nitrogens is 2. The zero-order valence-electron chi connectivity index (χ0n) is 15.0. The molecule has 132 valence electrons. The zero-order valence-corrected chi connectivity index (χ0v) is 15.0. The van der Waals surface area contributed by atoms with E-state index in [2.05, 4.69) is 27.1 Å². The highest BCUT2D eigenvalue weighted by atomic mass is 16.5. The van der Waals surface area contributed by atoms with Crippen molar-refractivity contribution in [3.05, 3.63) is 41.7 Å². The summed E-state index contributed by atoms with van der Waals surface area (Å²) in [7, 11) is 1.38. The number of ether oxygens (including phenoxy) is 1. The highest BCUT2D eigenvalue weighted by molar-refractivity contribution is 5.89. The normalized spacial score (nSPS) is 17.2. The molecule has 1 aliphatic heterocycles. The zero-order chi connectivity index (χ0) is 17.8. The van der Waals surface area contributed by atoms with Gasteiger partial charge in [0.15, 0.2) is 0 Å². The maximum Gasteiger partial charge on any atom is 0.337 e. The highest BCUT2D eigenvalue weighted by Crippen LogP contribution is 2.24. The molecule has 1 aliphatic rings. The van der Waals surface area contributed by atoms with Crippen molar-refractivity contribution in [3.63, 3.8) is 0 Å². The van der Waals surface area contributed by atoms with E-state index in [1.54, 1.807) is 12.1 Å². The number of nitrogens with one attached hydrogen (secondary N) is 1. The Kier molecular flexibility index (Phi) is 5.16. The summed E-state index contributed by atoms with van der Waals surface area (Å²) in [5.41, 5.74) is 1.39. The van der Waals surface area contributed by atoms with Gasteiger partial charge in [-0.15, -0.1) is 0 Å². The van der Waals surface area contributed by atoms with Crippen LogP contribution in [0.1, 0.15) is 35.9 Å². The number of nitrogens with zero attached hydrogens (tertiary/aromatic N) is 3. The van der Waals surface area contributed by atoms with E-state index >= 15 is 0 Å². The Morgan fingerprint density at radius 1 is 1.28 bits per heavy atom. The van der Waals surface area contributed by atoms with Gasteiger partial charge in [-0.3, -0.25) is 0 Å². The maximum absolute atomic E-state index is 11.5. The number of benzene rings is 1. The van der Waals surface area contributed by atoms with E-state index in [9.17, 15) is 4.79 Å². The molecule has 1 aromatic carbocycles. The number of carbonyl (C=O) groups is 1. The summed E-state index contributed by atoms with van der Waals surface area (Å²) in [6.07, 6.45) is 2.47. The van der Waals surface area contributed by atoms with Gasteiger partial charge in [0.05, 0.1) is 12.7 Å². The number of piperidine rings is 1. The standard InChI is InChI=1S/C19H24N4O2/c1-13-5-4-10-23(12-13)18-11-17(20-14(2)21-18)22-16-8-6-15(7-9-16)19(24)25-3/h6-9,11,13H,4-5,10,12H2,1-3H3,(H,20,21,22). The van der Waals surface area contributed by atoms with Crippen LogP contribution in [0.25, 0.3) is 0 Å². The average molecular weight is 340 g/mol. The van der Waals surface area contributed by atoms with E-state index in [4.69, 9.17) is 4.74 Å². The van der Waals surface area contributed by atoms with Gasteiger partial charge in [-0.1, -0.05) is 6.92 Å². The Labute approximate surface area is 148 Å². The van der Waals surface area contributed by atoms with E-state index in [1.165, 1.54) is 20.0 Å². The molecule has 2 heterocycles. The molecule has 0 amide bonds. The van der Waals surface area contributed by atoms with Gasteiger partial charge in [0.1, 0.15) is 17.5 Å². The van der Waals surface area contributed by atoms with Gasteiger partial charge in [-0.2, -0.15) is 0 Å². The van der Waals surface area contributed by atoms with Crippen LogP contribution in [0.4, 0.5) is 17.3 Å². The molecule has 2 aromatic rings. The van der Waals surface area contributed by atoms with Gasteiger partial charge >= 0.3 is 5.97 Å². The lowest BCUT2D eigenvalue weighted by atomic mass is 10.0. The molecule has 0 radical (unpaired) electrons. The number of hydrogen-bond acceptors (Lipinski definition) is 6. The molecule has 1 saturated heterocycles. The van der Waals surface area contributed by atoms with Crippen LogP contribution in [0, 0.1) is 12.8 Å². The summed E-state index contributed by atoms with van der Waals surface area (Å²) in [5.74, 6) is 2.81. The second kappa shape index (κ2) is 7.51. The average Bonchev–Trinajstić information content (AvgIpc) is 2.61. The lowest BCUT2D eigenvalue weighted by molar-refractivity contribution is 0.0601. The molecule has 1 unspecified atom stereocenters. The third-order valence-corrected chi connectivity index (χ3v) is 4.38. The van der Waals surface area contributed by atoms with Crippen molar-refractivity contribution in [2.75, 3.05) is 30.4 Å². The first kappa shape index (κ1) is 17.2. The van der Waals surface area contributed by atoms with Crippen LogP contribution in [0.3, 0.4) is 0 Å². The molecule has 1 fully saturated rings. The number of carbonyl (C=O) groups excluding carboxylic acids is 1. The van der Waals surface area contributed by atoms with Crippen LogP contribution in [0.15, 0.2) is 30.3 Å². The quantitative estimate of drug-likeness (QED) is 0.859. The molecule has 3 rings (SSSR count). The fourth-order valence-corrected chi connectivity index (χ4v) is 3.13. The molecule has 0 saturated carbocycles. The van der Waals surface area contributed by atoms with Crippen molar-refractivity contribution in [2.24, 2.45) is 5.92 Å². The first-order valence-corrected chi connectivity index (χ1v) is 8.61. The molecule has 1 aromatic heterocycles. The van der Waals surface area contributed by atoms with Crippen molar-refractivity contribution in [3.8, 4) is 0 Å². The summed E-state index contributed by atoms with van der Waals surface area (Å²) in [6, 6.07) is 9.13. The molecule has 0 spiro atoms. The van der Waals surface area contributed by atoms with Crippen LogP contribution in [0.2, 0.25) is 0 Å². The summed E-state index contributed by atoms with van der Waals surface area (Å²) < 4.78 is 4.72. The first-order chi connectivity index (χ1) is 12.0. The molecular weight excluding hydrogens is 316 g/mol. The summed E-state index contributed by atoms with van der Waals surface area (Å²) in [6.45, 7) is 6.25. The largest absolute Gasteiger partial charge is 0.465 e. The highest BCUT2D eigenvalue weighted by Gasteiger charge is 2.18. The molecule has 1 N–H and O–H groups in total. The Morgan fingerprint density at radius 2 is 2.04 bits per heavy atom. The Hall–Kier alpha value is -2.63. The lowest BCUT2D eigenvalue weighted by Crippen LogP contribution is -2.35. The minimum atomic E-state index is -0.342. The lowest BCUT2D eigenvalue weighted by Gasteiger charge is -2.32. The van der Waals surface area contributed by atoms with E-state index < -0.39 is 0 Å². The smallest absolute Gasteiger partial charge is 0.337 e. The fourth-order valence-electron chi connectivity index (χ4n) is 3.13. The number of anilines is 3. The number of hydrogen-bond donors (Lipinski definition) is 1. The van der Waals surface area contributed by atoms with Crippen molar-refractivity contribution in [1.29, 1.82) is 0 Å². The minimum Gasteiger partial charge on any atom is -0.465 e. The fraction of sp³-hybridized carbons (Fsp3) is 0.421. The van der Waals surface area contributed by atoms with Crippen molar-refractivity contribution in [2.45, 2.75) is 26.7 Å². The third-order valence-electron chi connectivity index (χ3n) is 4.38. The molecule has 6 heteroatoms. The van der Waals surface area contributed by atoms with Gasteiger partial charge in [-0.25, -0.2) is 14.8 Å². The van der Waals surface area contributed by atoms with Gasteiger partial charge in [-0.05, 0) is 49.9 Å². The Bertz CT molecular complexity index is 746. The van der Waals surface area contributed by atoms with Crippen LogP contribution >= 0.6 is 0 Å². The van der Waals surface area contributed by atoms with Gasteiger partial charge in [0, 0.05) is 24.8 Å². The van der Waals surface area contributed by atoms with Gasteiger partial charge < -0.3 is 15.0 Å². The van der Waals surface area contributed by atoms with E-state index in [1.807, 2.05) is 25.1 Å². The third kappa shape index (κ3) is 4.26. The molecule has 1 atom stereocenters. The first-order valence-electron chi connectivity index (χ1n) is 8.61. The van der Waals surface area contributed by atoms with Crippen LogP contribution < -0.4 is 10.2 Å². The second-order valence-corrected chi connectivity index (χ2v) is 6.55. The van der Waals surface area contributed by atoms with E-state index in [0.717, 1.165) is 36.2 Å². The van der Waals surface area contributed by atoms with E-state index in [0.29, 0.717) is 11.5 Å². The molecular formula is C19H24N4O2. The Balaban J connectivity index is 1.77. The van der Waals surface area contributed by atoms with Crippen LogP contribution in [-0.2, 0) is 4.74 Å². The molecule has 25 heavy (non-hydrogen) atoms. The molecule has 0 bridgehead atoms. The van der Waals surface area contributed by atoms with Crippen LogP contribution in [-0.4, -0.2) is 36.1 Å². The monoisotopic (exact) mass is 340 g/mol. The predicted octanol–water partition coefficient (Wildman–Crippen LogP) is 3.55. The van der Waals surface area contributed by atoms with Crippen LogP contribution in [0.5, 0.6) is 0 Å². The topological polar surface area (TPSA) is 67.3 Å². The number of esters is 1. The number of aryl methyl sites for hydroxylation is 1. The second-order valence-electron chi connectivity index (χ2n) is 6.55. The molecule has 0 aliphatic carbocycles. The SMILES string of the molecule is COC(=O)c1ccc(Nc2cc(N3CCCC(C)C3)nc(C)n2)cc1. The molecule has 6 nitrogen and oxygen atoms in total. The number of methoxy groups -OCH3 is 1. The Morgan fingerprint density at radius 3 is 2.72 bits per heavy atom. The van der Waals surface area contributed by atoms with E-state index in [-0.39, 0.29) is 5.97 Å². The summed E-state index contributed by atoms with van der Waals surface area (Å²) >= 11 is 0. The minimum absolute atomic E-state index is 0.342. The summed E-state index contributed by atoms with van der Waals surface area (Å²) in [4.78, 5) is 22.9. The van der Waals surface area contributed by atoms with Gasteiger partial charge in [0.25, 0.3) is 0 Å². The predicted molar refractivity (Wildman–Crippen MR) is 98.4 cm³/mol. The maximum atomic E-state index is 11.5. The number of rotatable bonds is 4. The van der Waals surface area contributed by atoms with Gasteiger partial charge in [0.2, 0.25) is 0 Å². The van der Waals surface area contributed by atoms with Crippen molar-refractivity contribution in [1.82, 2.24) is 9.97 Å². The van der Waals surface area contributed by atoms with Crippen molar-refractivity contribution < 1.29 is 9.53 Å². The van der Waals surface area contributed by atoms with Crippen molar-refractivity contribution >= 4 is 23.3 Å².